The molecule has 0 fully saturated rings. The lowest BCUT2D eigenvalue weighted by molar-refractivity contribution is -0.116. The van der Waals surface area contributed by atoms with Gasteiger partial charge < -0.3 is 15.2 Å². The van der Waals surface area contributed by atoms with E-state index in [2.05, 4.69) is 25.8 Å². The van der Waals surface area contributed by atoms with Crippen LogP contribution < -0.4 is 10.6 Å². The summed E-state index contributed by atoms with van der Waals surface area (Å²) in [6.07, 6.45) is 0.111. The van der Waals surface area contributed by atoms with E-state index < -0.39 is 0 Å². The summed E-state index contributed by atoms with van der Waals surface area (Å²) in [7, 11) is 0. The molecule has 0 saturated carbocycles. The van der Waals surface area contributed by atoms with Crippen molar-refractivity contribution < 1.29 is 9.59 Å². The minimum Gasteiger partial charge on any atom is -0.326 e. The Labute approximate surface area is 177 Å². The van der Waals surface area contributed by atoms with Crippen molar-refractivity contribution in [2.24, 2.45) is 0 Å². The number of aryl methyl sites for hydroxylation is 2. The minimum absolute atomic E-state index is 0.111. The summed E-state index contributed by atoms with van der Waals surface area (Å²) in [6, 6.07) is 9.26. The van der Waals surface area contributed by atoms with Gasteiger partial charge in [-0.15, -0.1) is 21.5 Å². The average Bonchev–Trinajstić information content (AvgIpc) is 3.22. The molecule has 0 radical (unpaired) electrons. The predicted molar refractivity (Wildman–Crippen MR) is 115 cm³/mol. The molecule has 0 atom stereocenters. The first-order chi connectivity index (χ1) is 14.0. The normalized spacial score (nSPS) is 10.7. The highest BCUT2D eigenvalue weighted by molar-refractivity contribution is 7.99. The second-order valence-electron chi connectivity index (χ2n) is 6.23. The Morgan fingerprint density at radius 2 is 1.86 bits per heavy atom. The van der Waals surface area contributed by atoms with Crippen molar-refractivity contribution in [3.05, 3.63) is 46.7 Å². The topological polar surface area (TPSA) is 102 Å². The Balaban J connectivity index is 1.57. The number of benzene rings is 1. The molecule has 1 aromatic carbocycles. The number of hydrogen-bond acceptors (Lipinski definition) is 7. The van der Waals surface area contributed by atoms with Crippen molar-refractivity contribution in [2.45, 2.75) is 38.9 Å². The first-order valence-electron chi connectivity index (χ1n) is 9.10. The van der Waals surface area contributed by atoms with Crippen LogP contribution in [0.1, 0.15) is 23.3 Å². The number of nitrogens with one attached hydrogen (secondary N) is 2. The van der Waals surface area contributed by atoms with Gasteiger partial charge in [-0.2, -0.15) is 0 Å². The molecular weight excluding hydrogens is 408 g/mol. The van der Waals surface area contributed by atoms with Crippen molar-refractivity contribution in [3.8, 4) is 0 Å². The number of rotatable bonds is 8. The van der Waals surface area contributed by atoms with Crippen LogP contribution in [0.2, 0.25) is 0 Å². The van der Waals surface area contributed by atoms with E-state index in [1.165, 1.54) is 23.1 Å². The number of thiazole rings is 1. The van der Waals surface area contributed by atoms with Gasteiger partial charge in [0, 0.05) is 17.1 Å². The Hall–Kier alpha value is -2.72. The van der Waals surface area contributed by atoms with Crippen LogP contribution in [0.3, 0.4) is 0 Å². The predicted octanol–water partition coefficient (Wildman–Crippen LogP) is 3.28. The number of amides is 2. The number of para-hydroxylation sites is 1. The molecule has 0 spiro atoms. The molecular formula is C19H22N6O2S2. The zero-order valence-corrected chi connectivity index (χ0v) is 18.1. The SMILES string of the molecule is CCn1c(CC(=O)Nc2ccccc2)nnc1SCC(=O)Nc1nc(C)c(C)s1. The molecule has 10 heteroatoms. The molecule has 2 N–H and O–H groups in total. The number of carbonyl (C=O) groups is 2. The number of aromatic nitrogens is 4. The Kier molecular flexibility index (Phi) is 6.99. The zero-order chi connectivity index (χ0) is 20.8. The number of anilines is 2. The summed E-state index contributed by atoms with van der Waals surface area (Å²) in [4.78, 5) is 29.9. The van der Waals surface area contributed by atoms with Crippen LogP contribution in [-0.4, -0.2) is 37.3 Å². The Bertz CT molecular complexity index is 980. The monoisotopic (exact) mass is 430 g/mol. The summed E-state index contributed by atoms with van der Waals surface area (Å²) in [5, 5.41) is 15.1. The summed E-state index contributed by atoms with van der Waals surface area (Å²) >= 11 is 2.74. The maximum atomic E-state index is 12.3. The third-order valence-electron chi connectivity index (χ3n) is 4.09. The van der Waals surface area contributed by atoms with Crippen molar-refractivity contribution in [3.63, 3.8) is 0 Å². The van der Waals surface area contributed by atoms with E-state index in [0.717, 1.165) is 16.3 Å². The summed E-state index contributed by atoms with van der Waals surface area (Å²) in [6.45, 7) is 6.44. The highest BCUT2D eigenvalue weighted by Crippen LogP contribution is 2.22. The van der Waals surface area contributed by atoms with E-state index in [0.29, 0.717) is 22.7 Å². The van der Waals surface area contributed by atoms with Crippen molar-refractivity contribution in [2.75, 3.05) is 16.4 Å². The number of hydrogen-bond donors (Lipinski definition) is 2. The molecule has 0 aliphatic heterocycles. The van der Waals surface area contributed by atoms with E-state index >= 15 is 0 Å². The Morgan fingerprint density at radius 3 is 2.52 bits per heavy atom. The van der Waals surface area contributed by atoms with Crippen molar-refractivity contribution >= 4 is 45.7 Å². The van der Waals surface area contributed by atoms with Crippen LogP contribution in [0.4, 0.5) is 10.8 Å². The van der Waals surface area contributed by atoms with Crippen molar-refractivity contribution in [1.82, 2.24) is 19.7 Å². The second kappa shape index (κ2) is 9.66. The Morgan fingerprint density at radius 1 is 1.10 bits per heavy atom. The van der Waals surface area contributed by atoms with E-state index in [9.17, 15) is 9.59 Å². The fourth-order valence-corrected chi connectivity index (χ4v) is 4.21. The third kappa shape index (κ3) is 5.64. The molecule has 2 heterocycles. The largest absolute Gasteiger partial charge is 0.326 e. The minimum atomic E-state index is -0.165. The molecule has 2 aromatic heterocycles. The van der Waals surface area contributed by atoms with Crippen LogP contribution in [0.15, 0.2) is 35.5 Å². The maximum Gasteiger partial charge on any atom is 0.236 e. The van der Waals surface area contributed by atoms with Gasteiger partial charge >= 0.3 is 0 Å². The lowest BCUT2D eigenvalue weighted by Crippen LogP contribution is -2.18. The number of carbonyl (C=O) groups excluding carboxylic acids is 2. The first-order valence-corrected chi connectivity index (χ1v) is 10.9. The van der Waals surface area contributed by atoms with Crippen LogP contribution >= 0.6 is 23.1 Å². The van der Waals surface area contributed by atoms with Gasteiger partial charge in [-0.1, -0.05) is 30.0 Å². The number of thioether (sulfide) groups is 1. The molecule has 2 amide bonds. The lowest BCUT2D eigenvalue weighted by Gasteiger charge is -2.08. The molecule has 0 aliphatic rings. The highest BCUT2D eigenvalue weighted by Gasteiger charge is 2.16. The molecule has 0 aliphatic carbocycles. The first kappa shape index (κ1) is 21.0. The molecule has 0 bridgehead atoms. The van der Waals surface area contributed by atoms with E-state index in [1.807, 2.05) is 55.7 Å². The fraction of sp³-hybridized carbons (Fsp3) is 0.316. The highest BCUT2D eigenvalue weighted by atomic mass is 32.2. The van der Waals surface area contributed by atoms with Gasteiger partial charge in [0.15, 0.2) is 10.3 Å². The smallest absolute Gasteiger partial charge is 0.236 e. The van der Waals surface area contributed by atoms with Crippen molar-refractivity contribution in [1.29, 1.82) is 0 Å². The lowest BCUT2D eigenvalue weighted by atomic mass is 10.3. The van der Waals surface area contributed by atoms with E-state index in [4.69, 9.17) is 0 Å². The van der Waals surface area contributed by atoms with E-state index in [-0.39, 0.29) is 24.0 Å². The van der Waals surface area contributed by atoms with Gasteiger partial charge in [-0.05, 0) is 32.9 Å². The van der Waals surface area contributed by atoms with Crippen LogP contribution in [0, 0.1) is 13.8 Å². The second-order valence-corrected chi connectivity index (χ2v) is 8.38. The summed E-state index contributed by atoms with van der Waals surface area (Å²) in [5.41, 5.74) is 1.65. The molecule has 152 valence electrons. The fourth-order valence-electron chi connectivity index (χ4n) is 2.56. The molecule has 3 rings (SSSR count). The van der Waals surface area contributed by atoms with Crippen LogP contribution in [0.5, 0.6) is 0 Å². The van der Waals surface area contributed by atoms with Gasteiger partial charge in [0.1, 0.15) is 5.82 Å². The quantitative estimate of drug-likeness (QED) is 0.532. The maximum absolute atomic E-state index is 12.3. The molecule has 3 aromatic rings. The van der Waals surface area contributed by atoms with E-state index in [1.54, 1.807) is 0 Å². The van der Waals surface area contributed by atoms with Gasteiger partial charge in [0.25, 0.3) is 0 Å². The standard InChI is InChI=1S/C19H22N6O2S2/c1-4-25-15(10-16(26)21-14-8-6-5-7-9-14)23-24-19(25)28-11-17(27)22-18-20-12(2)13(3)29-18/h5-9H,4,10-11H2,1-3H3,(H,21,26)(H,20,22,27). The van der Waals surface area contributed by atoms with Crippen LogP contribution in [0.25, 0.3) is 0 Å². The molecule has 8 nitrogen and oxygen atoms in total. The third-order valence-corrected chi connectivity index (χ3v) is 6.05. The van der Waals surface area contributed by atoms with Gasteiger partial charge in [-0.25, -0.2) is 4.98 Å². The molecule has 29 heavy (non-hydrogen) atoms. The zero-order valence-electron chi connectivity index (χ0n) is 16.4. The summed E-state index contributed by atoms with van der Waals surface area (Å²) in [5.74, 6) is 0.432. The van der Waals surface area contributed by atoms with Crippen LogP contribution in [-0.2, 0) is 22.6 Å². The van der Waals surface area contributed by atoms with Gasteiger partial charge in [-0.3, -0.25) is 9.59 Å². The van der Waals surface area contributed by atoms with Gasteiger partial charge in [0.05, 0.1) is 17.9 Å². The van der Waals surface area contributed by atoms with Gasteiger partial charge in [0.2, 0.25) is 11.8 Å². The molecule has 0 unspecified atom stereocenters. The number of nitrogens with zero attached hydrogens (tertiary/aromatic N) is 4. The summed E-state index contributed by atoms with van der Waals surface area (Å²) < 4.78 is 1.85. The average molecular weight is 431 g/mol. The molecule has 0 saturated heterocycles.